The first-order valence-corrected chi connectivity index (χ1v) is 9.85. The van der Waals surface area contributed by atoms with Crippen molar-refractivity contribution in [2.75, 3.05) is 32.8 Å². The van der Waals surface area contributed by atoms with Crippen LogP contribution in [0.25, 0.3) is 0 Å². The van der Waals surface area contributed by atoms with E-state index in [9.17, 15) is 14.4 Å². The standard InChI is InChI=1S/C20H28N2O8/c1-13(2)18(23)22-9-4-8-21-11-14(29-20(26)19(24)25)12-27-16-5-3-6-17-15(16)7-10-28-30-17/h3,5-6,13-14,21H,4,7-12H2,1-2H3,(H,22,23)(H,24,25). The number of carbonyl (C=O) groups is 3. The van der Waals surface area contributed by atoms with Gasteiger partial charge >= 0.3 is 11.9 Å². The zero-order chi connectivity index (χ0) is 21.9. The van der Waals surface area contributed by atoms with E-state index >= 15 is 0 Å². The Labute approximate surface area is 174 Å². The van der Waals surface area contributed by atoms with Crippen molar-refractivity contribution in [2.45, 2.75) is 32.8 Å². The Kier molecular flexibility index (Phi) is 9.36. The normalized spacial score (nSPS) is 13.7. The average molecular weight is 424 g/mol. The second kappa shape index (κ2) is 12.0. The molecule has 1 aliphatic rings. The number of carboxylic acids is 1. The number of benzene rings is 1. The van der Waals surface area contributed by atoms with E-state index in [0.717, 1.165) is 5.56 Å². The van der Waals surface area contributed by atoms with Crippen LogP contribution >= 0.6 is 0 Å². The van der Waals surface area contributed by atoms with E-state index in [0.29, 0.717) is 44.0 Å². The number of hydrogen-bond donors (Lipinski definition) is 3. The van der Waals surface area contributed by atoms with Crippen molar-refractivity contribution in [3.05, 3.63) is 23.8 Å². The predicted molar refractivity (Wildman–Crippen MR) is 105 cm³/mol. The largest absolute Gasteiger partial charge is 0.489 e. The van der Waals surface area contributed by atoms with Crippen LogP contribution in [0.5, 0.6) is 11.5 Å². The van der Waals surface area contributed by atoms with Crippen LogP contribution in [-0.2, 0) is 30.4 Å². The molecule has 30 heavy (non-hydrogen) atoms. The number of aliphatic carboxylic acids is 1. The first kappa shape index (κ1) is 23.4. The average Bonchev–Trinajstić information content (AvgIpc) is 2.73. The Morgan fingerprint density at radius 1 is 1.23 bits per heavy atom. The molecule has 0 fully saturated rings. The summed E-state index contributed by atoms with van der Waals surface area (Å²) in [6, 6.07) is 5.25. The third kappa shape index (κ3) is 7.53. The van der Waals surface area contributed by atoms with Gasteiger partial charge < -0.3 is 30.1 Å². The summed E-state index contributed by atoms with van der Waals surface area (Å²) in [6.07, 6.45) is 0.462. The maximum absolute atomic E-state index is 11.5. The van der Waals surface area contributed by atoms with Crippen molar-refractivity contribution in [1.82, 2.24) is 10.6 Å². The second-order valence-electron chi connectivity index (χ2n) is 7.04. The van der Waals surface area contributed by atoms with Crippen molar-refractivity contribution in [1.29, 1.82) is 0 Å². The zero-order valence-corrected chi connectivity index (χ0v) is 17.1. The molecule has 1 amide bonds. The molecule has 1 heterocycles. The van der Waals surface area contributed by atoms with Crippen molar-refractivity contribution < 1.29 is 38.7 Å². The summed E-state index contributed by atoms with van der Waals surface area (Å²) < 4.78 is 10.8. The molecule has 0 saturated carbocycles. The number of nitrogens with one attached hydrogen (secondary N) is 2. The molecule has 10 nitrogen and oxygen atoms in total. The van der Waals surface area contributed by atoms with Gasteiger partial charge in [0.1, 0.15) is 18.5 Å². The Morgan fingerprint density at radius 2 is 2.03 bits per heavy atom. The van der Waals surface area contributed by atoms with Gasteiger partial charge in [-0.15, -0.1) is 0 Å². The highest BCUT2D eigenvalue weighted by Crippen LogP contribution is 2.31. The molecule has 3 N–H and O–H groups in total. The van der Waals surface area contributed by atoms with Gasteiger partial charge in [0.25, 0.3) is 0 Å². The van der Waals surface area contributed by atoms with Crippen LogP contribution in [0.2, 0.25) is 0 Å². The maximum Gasteiger partial charge on any atom is 0.417 e. The van der Waals surface area contributed by atoms with E-state index in [4.69, 9.17) is 24.4 Å². The van der Waals surface area contributed by atoms with Crippen molar-refractivity contribution in [3.8, 4) is 11.5 Å². The highest BCUT2D eigenvalue weighted by Gasteiger charge is 2.22. The Bertz CT molecular complexity index is 738. The molecule has 1 unspecified atom stereocenters. The minimum atomic E-state index is -1.67. The van der Waals surface area contributed by atoms with Crippen LogP contribution < -0.4 is 20.3 Å². The lowest BCUT2D eigenvalue weighted by atomic mass is 10.1. The minimum absolute atomic E-state index is 0.0164. The summed E-state index contributed by atoms with van der Waals surface area (Å²) in [5.41, 5.74) is 0.834. The monoisotopic (exact) mass is 424 g/mol. The molecule has 0 bridgehead atoms. The third-order valence-corrected chi connectivity index (χ3v) is 4.27. The fraction of sp³-hybridized carbons (Fsp3) is 0.550. The number of carbonyl (C=O) groups excluding carboxylic acids is 2. The van der Waals surface area contributed by atoms with Crippen molar-refractivity contribution in [3.63, 3.8) is 0 Å². The summed E-state index contributed by atoms with van der Waals surface area (Å²) in [6.45, 7) is 5.25. The van der Waals surface area contributed by atoms with Crippen molar-refractivity contribution >= 4 is 17.8 Å². The van der Waals surface area contributed by atoms with Crippen LogP contribution in [0.1, 0.15) is 25.8 Å². The molecule has 1 atom stereocenters. The van der Waals surface area contributed by atoms with E-state index in [2.05, 4.69) is 10.6 Å². The number of rotatable bonds is 11. The van der Waals surface area contributed by atoms with Gasteiger partial charge in [-0.25, -0.2) is 9.59 Å². The van der Waals surface area contributed by atoms with Gasteiger partial charge in [-0.05, 0) is 25.1 Å². The van der Waals surface area contributed by atoms with Crippen LogP contribution in [0.15, 0.2) is 18.2 Å². The van der Waals surface area contributed by atoms with Crippen LogP contribution in [-0.4, -0.2) is 61.9 Å². The summed E-state index contributed by atoms with van der Waals surface area (Å²) >= 11 is 0. The summed E-state index contributed by atoms with van der Waals surface area (Å²) in [4.78, 5) is 43.9. The summed E-state index contributed by atoms with van der Waals surface area (Å²) in [5.74, 6) is -1.99. The molecule has 10 heteroatoms. The number of carboxylic acid groups (broad SMARTS) is 1. The maximum atomic E-state index is 11.5. The van der Waals surface area contributed by atoms with Gasteiger partial charge in [0.15, 0.2) is 5.75 Å². The fourth-order valence-electron chi connectivity index (χ4n) is 2.67. The highest BCUT2D eigenvalue weighted by molar-refractivity contribution is 6.28. The Balaban J connectivity index is 1.83. The molecule has 0 saturated heterocycles. The topological polar surface area (TPSA) is 132 Å². The molecule has 0 radical (unpaired) electrons. The zero-order valence-electron chi connectivity index (χ0n) is 17.1. The smallest absolute Gasteiger partial charge is 0.417 e. The van der Waals surface area contributed by atoms with E-state index in [1.54, 1.807) is 18.2 Å². The second-order valence-corrected chi connectivity index (χ2v) is 7.04. The number of ether oxygens (including phenoxy) is 2. The molecule has 1 aromatic rings. The Morgan fingerprint density at radius 3 is 2.77 bits per heavy atom. The first-order valence-electron chi connectivity index (χ1n) is 9.85. The lowest BCUT2D eigenvalue weighted by molar-refractivity contribution is -0.215. The van der Waals surface area contributed by atoms with Crippen LogP contribution in [0.3, 0.4) is 0 Å². The van der Waals surface area contributed by atoms with Crippen molar-refractivity contribution in [2.24, 2.45) is 5.92 Å². The highest BCUT2D eigenvalue weighted by atomic mass is 17.2. The number of esters is 1. The molecule has 1 aliphatic heterocycles. The van der Waals surface area contributed by atoms with E-state index in [1.165, 1.54) is 0 Å². The quantitative estimate of drug-likeness (QED) is 0.203. The van der Waals surface area contributed by atoms with E-state index in [-0.39, 0.29) is 25.0 Å². The molecule has 0 aromatic heterocycles. The van der Waals surface area contributed by atoms with Gasteiger partial charge in [-0.1, -0.05) is 19.9 Å². The van der Waals surface area contributed by atoms with E-state index < -0.39 is 18.0 Å². The predicted octanol–water partition coefficient (Wildman–Crippen LogP) is 0.680. The first-order chi connectivity index (χ1) is 14.4. The number of hydrogen-bond acceptors (Lipinski definition) is 8. The lowest BCUT2D eigenvalue weighted by Gasteiger charge is -2.22. The molecular formula is C20H28N2O8. The van der Waals surface area contributed by atoms with Crippen LogP contribution in [0.4, 0.5) is 0 Å². The number of amides is 1. The third-order valence-electron chi connectivity index (χ3n) is 4.27. The minimum Gasteiger partial charge on any atom is -0.489 e. The number of fused-ring (bicyclic) bond motifs is 1. The molecule has 0 aliphatic carbocycles. The van der Waals surface area contributed by atoms with Gasteiger partial charge in [0.2, 0.25) is 5.91 Å². The molecule has 0 spiro atoms. The SMILES string of the molecule is CC(C)C(=O)NCCCNCC(COc1cccc2c1CCOO2)OC(=O)C(=O)O. The molecule has 166 valence electrons. The van der Waals surface area contributed by atoms with Gasteiger partial charge in [0, 0.05) is 31.0 Å². The lowest BCUT2D eigenvalue weighted by Crippen LogP contribution is -2.38. The van der Waals surface area contributed by atoms with Gasteiger partial charge in [0.05, 0.1) is 6.61 Å². The van der Waals surface area contributed by atoms with E-state index in [1.807, 2.05) is 13.8 Å². The van der Waals surface area contributed by atoms with Gasteiger partial charge in [-0.2, -0.15) is 4.89 Å². The molecule has 2 rings (SSSR count). The molecule has 1 aromatic carbocycles. The Hall–Kier alpha value is -2.85. The van der Waals surface area contributed by atoms with Crippen LogP contribution in [0, 0.1) is 5.92 Å². The summed E-state index contributed by atoms with van der Waals surface area (Å²) in [7, 11) is 0. The van der Waals surface area contributed by atoms with Gasteiger partial charge in [-0.3, -0.25) is 4.79 Å². The fourth-order valence-corrected chi connectivity index (χ4v) is 2.67. The molecular weight excluding hydrogens is 396 g/mol. The summed E-state index contributed by atoms with van der Waals surface area (Å²) in [5, 5.41) is 14.7.